The van der Waals surface area contributed by atoms with Crippen LogP contribution in [0.4, 0.5) is 5.82 Å². The maximum atomic E-state index is 4.42. The molecule has 0 amide bonds. The lowest BCUT2D eigenvalue weighted by atomic mass is 9.93. The van der Waals surface area contributed by atoms with Crippen molar-refractivity contribution < 1.29 is 0 Å². The Morgan fingerprint density at radius 1 is 1.47 bits per heavy atom. The lowest BCUT2D eigenvalue weighted by Gasteiger charge is -2.29. The number of aryl methyl sites for hydroxylation is 1. The molecule has 3 heterocycles. The molecule has 0 saturated carbocycles. The number of fused-ring (bicyclic) bond motifs is 1. The number of anilines is 1. The molecule has 1 saturated heterocycles. The lowest BCUT2D eigenvalue weighted by Crippen LogP contribution is -2.38. The van der Waals surface area contributed by atoms with E-state index in [9.17, 15) is 0 Å². The van der Waals surface area contributed by atoms with Crippen molar-refractivity contribution in [1.82, 2.24) is 15.3 Å². The molecule has 4 nitrogen and oxygen atoms in total. The van der Waals surface area contributed by atoms with Gasteiger partial charge in [-0.05, 0) is 56.6 Å². The van der Waals surface area contributed by atoms with Gasteiger partial charge in [0, 0.05) is 6.04 Å². The second-order valence-corrected chi connectivity index (χ2v) is 6.24. The first-order chi connectivity index (χ1) is 9.25. The van der Waals surface area contributed by atoms with Crippen LogP contribution in [0.1, 0.15) is 25.3 Å². The molecule has 0 spiro atoms. The first-order valence-corrected chi connectivity index (χ1v) is 7.79. The van der Waals surface area contributed by atoms with E-state index in [4.69, 9.17) is 0 Å². The van der Waals surface area contributed by atoms with E-state index in [0.717, 1.165) is 24.4 Å². The summed E-state index contributed by atoms with van der Waals surface area (Å²) in [5.41, 5.74) is 2.31. The van der Waals surface area contributed by atoms with Crippen molar-refractivity contribution in [2.75, 3.05) is 18.4 Å². The summed E-state index contributed by atoms with van der Waals surface area (Å²) in [5, 5.41) is 9.21. The topological polar surface area (TPSA) is 49.8 Å². The van der Waals surface area contributed by atoms with E-state index >= 15 is 0 Å². The highest BCUT2D eigenvalue weighted by atomic mass is 32.1. The highest BCUT2D eigenvalue weighted by Gasteiger charge is 2.21. The van der Waals surface area contributed by atoms with Crippen molar-refractivity contribution in [1.29, 1.82) is 0 Å². The van der Waals surface area contributed by atoms with Gasteiger partial charge in [0.25, 0.3) is 0 Å². The van der Waals surface area contributed by atoms with Crippen LogP contribution in [0.2, 0.25) is 0 Å². The zero-order valence-corrected chi connectivity index (χ0v) is 12.3. The summed E-state index contributed by atoms with van der Waals surface area (Å²) in [6.45, 7) is 6.62. The number of hydrogen-bond acceptors (Lipinski definition) is 5. The second kappa shape index (κ2) is 5.43. The number of nitrogens with one attached hydrogen (secondary N) is 2. The zero-order valence-electron chi connectivity index (χ0n) is 11.4. The summed E-state index contributed by atoms with van der Waals surface area (Å²) in [5.74, 6) is 1.67. The van der Waals surface area contributed by atoms with Crippen molar-refractivity contribution in [3.8, 4) is 0 Å². The van der Waals surface area contributed by atoms with Crippen molar-refractivity contribution >= 4 is 27.4 Å². The fraction of sp³-hybridized carbons (Fsp3) is 0.571. The highest BCUT2D eigenvalue weighted by molar-refractivity contribution is 7.18. The molecule has 0 aromatic carbocycles. The van der Waals surface area contributed by atoms with E-state index in [-0.39, 0.29) is 0 Å². The molecule has 2 unspecified atom stereocenters. The van der Waals surface area contributed by atoms with Crippen LogP contribution in [0, 0.1) is 12.8 Å². The van der Waals surface area contributed by atoms with Gasteiger partial charge in [0.05, 0.1) is 10.2 Å². The molecule has 102 valence electrons. The second-order valence-electron chi connectivity index (χ2n) is 5.36. The Bertz CT molecular complexity index is 560. The Hall–Kier alpha value is -1.20. The van der Waals surface area contributed by atoms with Crippen molar-refractivity contribution in [3.63, 3.8) is 0 Å². The number of nitrogens with zero attached hydrogens (tertiary/aromatic N) is 2. The molecule has 2 aromatic rings. The van der Waals surface area contributed by atoms with Crippen LogP contribution in [0.15, 0.2) is 11.7 Å². The van der Waals surface area contributed by atoms with Gasteiger partial charge < -0.3 is 10.6 Å². The van der Waals surface area contributed by atoms with Gasteiger partial charge in [0.15, 0.2) is 0 Å². The van der Waals surface area contributed by atoms with Gasteiger partial charge in [-0.25, -0.2) is 9.97 Å². The molecule has 2 N–H and O–H groups in total. The molecule has 0 bridgehead atoms. The smallest absolute Gasteiger partial charge is 0.147 e. The molecule has 0 radical (unpaired) electrons. The normalized spacial score (nSPS) is 21.5. The Kier molecular flexibility index (Phi) is 3.66. The maximum Gasteiger partial charge on any atom is 0.147 e. The molecular formula is C14H20N4S. The largest absolute Gasteiger partial charge is 0.366 e. The predicted molar refractivity (Wildman–Crippen MR) is 80.8 cm³/mol. The van der Waals surface area contributed by atoms with Crippen LogP contribution < -0.4 is 10.6 Å². The summed E-state index contributed by atoms with van der Waals surface area (Å²) in [4.78, 5) is 8.79. The van der Waals surface area contributed by atoms with Crippen LogP contribution in [0.25, 0.3) is 10.2 Å². The average molecular weight is 276 g/mol. The van der Waals surface area contributed by atoms with Crippen LogP contribution in [-0.4, -0.2) is 29.1 Å². The molecular weight excluding hydrogens is 256 g/mol. The van der Waals surface area contributed by atoms with E-state index in [1.54, 1.807) is 17.7 Å². The van der Waals surface area contributed by atoms with Crippen molar-refractivity contribution in [3.05, 3.63) is 17.3 Å². The Balaban J connectivity index is 1.80. The van der Waals surface area contributed by atoms with E-state index in [0.29, 0.717) is 12.0 Å². The monoisotopic (exact) mass is 276 g/mol. The Labute approximate surface area is 117 Å². The number of aromatic nitrogens is 2. The summed E-state index contributed by atoms with van der Waals surface area (Å²) in [7, 11) is 0. The maximum absolute atomic E-state index is 4.42. The first-order valence-electron chi connectivity index (χ1n) is 6.92. The Morgan fingerprint density at radius 2 is 2.37 bits per heavy atom. The van der Waals surface area contributed by atoms with Crippen molar-refractivity contribution in [2.45, 2.75) is 32.7 Å². The van der Waals surface area contributed by atoms with E-state index < -0.39 is 0 Å². The van der Waals surface area contributed by atoms with Crippen LogP contribution in [0.3, 0.4) is 0 Å². The first kappa shape index (κ1) is 12.8. The molecule has 3 rings (SSSR count). The number of thiophene rings is 1. The predicted octanol–water partition coefficient (Wildman–Crippen LogP) is 2.80. The van der Waals surface area contributed by atoms with Crippen LogP contribution in [-0.2, 0) is 0 Å². The van der Waals surface area contributed by atoms with Gasteiger partial charge in [-0.3, -0.25) is 0 Å². The number of piperidine rings is 1. The molecule has 19 heavy (non-hydrogen) atoms. The lowest BCUT2D eigenvalue weighted by molar-refractivity contribution is 0.347. The summed E-state index contributed by atoms with van der Waals surface area (Å²) in [6, 6.07) is 0.438. The highest BCUT2D eigenvalue weighted by Crippen LogP contribution is 2.29. The minimum atomic E-state index is 0.438. The minimum absolute atomic E-state index is 0.438. The van der Waals surface area contributed by atoms with Crippen LogP contribution >= 0.6 is 11.3 Å². The molecule has 0 aliphatic carbocycles. The van der Waals surface area contributed by atoms with Crippen LogP contribution in [0.5, 0.6) is 0 Å². The fourth-order valence-corrected chi connectivity index (χ4v) is 3.67. The van der Waals surface area contributed by atoms with E-state index in [1.807, 2.05) is 0 Å². The van der Waals surface area contributed by atoms with E-state index in [2.05, 4.69) is 39.8 Å². The molecule has 2 aromatic heterocycles. The van der Waals surface area contributed by atoms with Gasteiger partial charge in [0.2, 0.25) is 0 Å². The average Bonchev–Trinajstić information content (AvgIpc) is 2.83. The van der Waals surface area contributed by atoms with Gasteiger partial charge in [-0.2, -0.15) is 0 Å². The third kappa shape index (κ3) is 2.58. The van der Waals surface area contributed by atoms with Gasteiger partial charge >= 0.3 is 0 Å². The molecule has 1 aliphatic heterocycles. The molecule has 1 fully saturated rings. The minimum Gasteiger partial charge on any atom is -0.366 e. The SMILES string of the molecule is Cc1csc2c(NC(C)C3CCCNC3)ncnc12. The third-order valence-corrected chi connectivity index (χ3v) is 5.03. The quantitative estimate of drug-likeness (QED) is 0.905. The van der Waals surface area contributed by atoms with E-state index in [1.165, 1.54) is 23.1 Å². The Morgan fingerprint density at radius 3 is 3.16 bits per heavy atom. The fourth-order valence-electron chi connectivity index (χ4n) is 2.71. The number of rotatable bonds is 3. The zero-order chi connectivity index (χ0) is 13.2. The summed E-state index contributed by atoms with van der Waals surface area (Å²) >= 11 is 1.73. The van der Waals surface area contributed by atoms with Gasteiger partial charge in [-0.1, -0.05) is 0 Å². The van der Waals surface area contributed by atoms with Gasteiger partial charge in [0.1, 0.15) is 12.1 Å². The number of hydrogen-bond donors (Lipinski definition) is 2. The molecule has 5 heteroatoms. The standard InChI is InChI=1S/C14H20N4S/c1-9-7-19-13-12(9)16-8-17-14(13)18-10(2)11-4-3-5-15-6-11/h7-8,10-11,15H,3-6H2,1-2H3,(H,16,17,18). The summed E-state index contributed by atoms with van der Waals surface area (Å²) < 4.78 is 1.18. The van der Waals surface area contributed by atoms with Gasteiger partial charge in [-0.15, -0.1) is 11.3 Å². The molecule has 2 atom stereocenters. The summed E-state index contributed by atoms with van der Waals surface area (Å²) in [6.07, 6.45) is 4.23. The van der Waals surface area contributed by atoms with Crippen molar-refractivity contribution in [2.24, 2.45) is 5.92 Å². The molecule has 1 aliphatic rings. The third-order valence-electron chi connectivity index (χ3n) is 3.94.